The molecule has 148 valence electrons. The fourth-order valence-corrected chi connectivity index (χ4v) is 4.90. The molecule has 2 aliphatic heterocycles. The zero-order valence-electron chi connectivity index (χ0n) is 16.7. The summed E-state index contributed by atoms with van der Waals surface area (Å²) in [6.45, 7) is 3.39. The number of nitrogens with zero attached hydrogens (tertiary/aromatic N) is 3. The fourth-order valence-electron chi connectivity index (χ4n) is 4.90. The van der Waals surface area contributed by atoms with Crippen LogP contribution >= 0.6 is 0 Å². The molecule has 3 atom stereocenters. The van der Waals surface area contributed by atoms with E-state index in [1.807, 2.05) is 41.1 Å². The number of carbonyl (C=O) groups is 1. The molecule has 1 amide bonds. The average molecular weight is 380 g/mol. The quantitative estimate of drug-likeness (QED) is 0.867. The Bertz CT molecular complexity index is 808. The monoisotopic (exact) mass is 379 g/mol. The summed E-state index contributed by atoms with van der Waals surface area (Å²) in [6.07, 6.45) is 0. The summed E-state index contributed by atoms with van der Waals surface area (Å²) in [5.41, 5.74) is 3.10. The first-order valence-corrected chi connectivity index (χ1v) is 10.0. The predicted octanol–water partition coefficient (Wildman–Crippen LogP) is 2.49. The lowest BCUT2D eigenvalue weighted by Crippen LogP contribution is -2.33. The van der Waals surface area contributed by atoms with Gasteiger partial charge in [0.2, 0.25) is 0 Å². The predicted molar refractivity (Wildman–Crippen MR) is 111 cm³/mol. The Balaban J connectivity index is 1.46. The molecule has 0 aliphatic carbocycles. The van der Waals surface area contributed by atoms with E-state index in [-0.39, 0.29) is 12.5 Å². The SMILES string of the molecule is CN(CCO)c1ccc(C(=O)N2C[C@@H]3CN(C)[C@@H](c4ccccc4)[C@@H]3C2)cc1. The Labute approximate surface area is 167 Å². The summed E-state index contributed by atoms with van der Waals surface area (Å²) in [6, 6.07) is 18.8. The first-order valence-electron chi connectivity index (χ1n) is 10.0. The molecule has 2 heterocycles. The van der Waals surface area contributed by atoms with Crippen molar-refractivity contribution in [3.05, 3.63) is 65.7 Å². The molecule has 0 radical (unpaired) electrons. The van der Waals surface area contributed by atoms with Crippen LogP contribution in [0.4, 0.5) is 5.69 Å². The smallest absolute Gasteiger partial charge is 0.253 e. The second-order valence-corrected chi connectivity index (χ2v) is 8.12. The van der Waals surface area contributed by atoms with Gasteiger partial charge in [0.1, 0.15) is 0 Å². The second kappa shape index (κ2) is 7.94. The number of benzene rings is 2. The van der Waals surface area contributed by atoms with Gasteiger partial charge in [-0.2, -0.15) is 0 Å². The number of fused-ring (bicyclic) bond motifs is 1. The van der Waals surface area contributed by atoms with Crippen LogP contribution in [0.2, 0.25) is 0 Å². The van der Waals surface area contributed by atoms with Crippen LogP contribution in [0.3, 0.4) is 0 Å². The Morgan fingerprint density at radius 1 is 1.07 bits per heavy atom. The first-order chi connectivity index (χ1) is 13.6. The summed E-state index contributed by atoms with van der Waals surface area (Å²) in [5.74, 6) is 1.15. The van der Waals surface area contributed by atoms with Crippen molar-refractivity contribution in [1.82, 2.24) is 9.80 Å². The minimum absolute atomic E-state index is 0.116. The van der Waals surface area contributed by atoms with Crippen molar-refractivity contribution in [3.8, 4) is 0 Å². The number of anilines is 1. The number of amides is 1. The molecule has 2 aromatic carbocycles. The summed E-state index contributed by atoms with van der Waals surface area (Å²) < 4.78 is 0. The van der Waals surface area contributed by atoms with E-state index in [2.05, 4.69) is 42.3 Å². The van der Waals surface area contributed by atoms with E-state index < -0.39 is 0 Å². The van der Waals surface area contributed by atoms with Crippen LogP contribution in [0.5, 0.6) is 0 Å². The van der Waals surface area contributed by atoms with Gasteiger partial charge in [-0.3, -0.25) is 9.69 Å². The lowest BCUT2D eigenvalue weighted by Gasteiger charge is -2.27. The van der Waals surface area contributed by atoms with Gasteiger partial charge >= 0.3 is 0 Å². The number of aliphatic hydroxyl groups is 1. The Hall–Kier alpha value is -2.37. The van der Waals surface area contributed by atoms with Gasteiger partial charge in [-0.05, 0) is 42.8 Å². The summed E-state index contributed by atoms with van der Waals surface area (Å²) in [4.78, 5) is 19.5. The maximum absolute atomic E-state index is 13.1. The number of hydrogen-bond acceptors (Lipinski definition) is 4. The van der Waals surface area contributed by atoms with Crippen LogP contribution < -0.4 is 4.90 Å². The van der Waals surface area contributed by atoms with E-state index in [9.17, 15) is 4.79 Å². The van der Waals surface area contributed by atoms with Crippen LogP contribution in [-0.4, -0.2) is 67.7 Å². The van der Waals surface area contributed by atoms with E-state index >= 15 is 0 Å². The second-order valence-electron chi connectivity index (χ2n) is 8.12. The fraction of sp³-hybridized carbons (Fsp3) is 0.435. The summed E-state index contributed by atoms with van der Waals surface area (Å²) >= 11 is 0. The molecular formula is C23H29N3O2. The maximum atomic E-state index is 13.1. The van der Waals surface area contributed by atoms with Gasteiger partial charge in [0.15, 0.2) is 0 Å². The molecule has 5 nitrogen and oxygen atoms in total. The number of aliphatic hydroxyl groups excluding tert-OH is 1. The van der Waals surface area contributed by atoms with Crippen molar-refractivity contribution in [2.45, 2.75) is 6.04 Å². The lowest BCUT2D eigenvalue weighted by atomic mass is 9.90. The topological polar surface area (TPSA) is 47.0 Å². The standard InChI is InChI=1S/C23H29N3O2/c1-24(12-13-27)20-10-8-18(9-11-20)23(28)26-15-19-14-25(2)22(21(19)16-26)17-6-4-3-5-7-17/h3-11,19,21-22,27H,12-16H2,1-2H3/t19-,21+,22-/m0/s1. The Morgan fingerprint density at radius 3 is 2.46 bits per heavy atom. The van der Waals surface area contributed by atoms with Crippen molar-refractivity contribution in [3.63, 3.8) is 0 Å². The van der Waals surface area contributed by atoms with E-state index in [4.69, 9.17) is 5.11 Å². The zero-order chi connectivity index (χ0) is 19.7. The van der Waals surface area contributed by atoms with Gasteiger partial charge in [0.05, 0.1) is 6.61 Å². The number of hydrogen-bond donors (Lipinski definition) is 1. The van der Waals surface area contributed by atoms with Crippen molar-refractivity contribution < 1.29 is 9.90 Å². The third kappa shape index (κ3) is 3.52. The molecule has 0 bridgehead atoms. The third-order valence-electron chi connectivity index (χ3n) is 6.31. The van der Waals surface area contributed by atoms with Gasteiger partial charge < -0.3 is 14.9 Å². The maximum Gasteiger partial charge on any atom is 0.253 e. The van der Waals surface area contributed by atoms with Crippen LogP contribution in [0.15, 0.2) is 54.6 Å². The van der Waals surface area contributed by atoms with Crippen molar-refractivity contribution in [1.29, 1.82) is 0 Å². The van der Waals surface area contributed by atoms with E-state index in [1.54, 1.807) is 0 Å². The molecular weight excluding hydrogens is 350 g/mol. The van der Waals surface area contributed by atoms with Gasteiger partial charge in [-0.15, -0.1) is 0 Å². The highest BCUT2D eigenvalue weighted by Gasteiger charge is 2.47. The number of likely N-dealkylation sites (tertiary alicyclic amines) is 2. The van der Waals surface area contributed by atoms with Crippen molar-refractivity contribution in [2.75, 3.05) is 51.8 Å². The molecule has 2 fully saturated rings. The molecule has 2 aromatic rings. The molecule has 0 unspecified atom stereocenters. The molecule has 5 heteroatoms. The van der Waals surface area contributed by atoms with Gasteiger partial charge in [-0.25, -0.2) is 0 Å². The molecule has 2 aliphatic rings. The van der Waals surface area contributed by atoms with Gasteiger partial charge in [-0.1, -0.05) is 30.3 Å². The highest BCUT2D eigenvalue weighted by atomic mass is 16.3. The Kier molecular flexibility index (Phi) is 5.38. The van der Waals surface area contributed by atoms with E-state index in [0.29, 0.717) is 24.4 Å². The highest BCUT2D eigenvalue weighted by molar-refractivity contribution is 5.94. The van der Waals surface area contributed by atoms with Gasteiger partial charge in [0.25, 0.3) is 5.91 Å². The van der Waals surface area contributed by atoms with Crippen LogP contribution in [-0.2, 0) is 0 Å². The van der Waals surface area contributed by atoms with E-state index in [0.717, 1.165) is 30.9 Å². The lowest BCUT2D eigenvalue weighted by molar-refractivity contribution is 0.0768. The third-order valence-corrected chi connectivity index (χ3v) is 6.31. The normalized spacial score (nSPS) is 24.4. The van der Waals surface area contributed by atoms with Crippen LogP contribution in [0, 0.1) is 11.8 Å². The molecule has 0 aromatic heterocycles. The molecule has 0 saturated carbocycles. The largest absolute Gasteiger partial charge is 0.395 e. The minimum Gasteiger partial charge on any atom is -0.395 e. The van der Waals surface area contributed by atoms with E-state index in [1.165, 1.54) is 5.56 Å². The molecule has 0 spiro atoms. The molecule has 2 saturated heterocycles. The molecule has 4 rings (SSSR count). The van der Waals surface area contributed by atoms with Crippen LogP contribution in [0.25, 0.3) is 0 Å². The van der Waals surface area contributed by atoms with Crippen LogP contribution in [0.1, 0.15) is 22.0 Å². The summed E-state index contributed by atoms with van der Waals surface area (Å²) in [7, 11) is 4.14. The number of likely N-dealkylation sites (N-methyl/N-ethyl adjacent to an activating group) is 1. The molecule has 28 heavy (non-hydrogen) atoms. The average Bonchev–Trinajstić information content (AvgIpc) is 3.25. The number of rotatable bonds is 5. The summed E-state index contributed by atoms with van der Waals surface area (Å²) in [5, 5.41) is 9.08. The van der Waals surface area contributed by atoms with Gasteiger partial charge in [0, 0.05) is 56.4 Å². The minimum atomic E-state index is 0.116. The van der Waals surface area contributed by atoms with Crippen molar-refractivity contribution in [2.24, 2.45) is 11.8 Å². The Morgan fingerprint density at radius 2 is 1.79 bits per heavy atom. The zero-order valence-corrected chi connectivity index (χ0v) is 16.7. The first kappa shape index (κ1) is 19.0. The molecule has 1 N–H and O–H groups in total. The number of carbonyl (C=O) groups excluding carboxylic acids is 1. The highest BCUT2D eigenvalue weighted by Crippen LogP contribution is 2.44. The van der Waals surface area contributed by atoms with Crippen molar-refractivity contribution >= 4 is 11.6 Å².